The third-order valence-electron chi connectivity index (χ3n) is 4.50. The molecule has 0 heterocycles. The summed E-state index contributed by atoms with van der Waals surface area (Å²) >= 11 is 3.39. The van der Waals surface area contributed by atoms with Crippen LogP contribution < -0.4 is 9.47 Å². The zero-order chi connectivity index (χ0) is 22.9. The topological polar surface area (TPSA) is 61.8 Å². The lowest BCUT2D eigenvalue weighted by Gasteiger charge is -2.12. The van der Waals surface area contributed by atoms with Crippen LogP contribution in [0.1, 0.15) is 40.1 Å². The maximum Gasteiger partial charge on any atom is 0.347 e. The maximum atomic E-state index is 12.8. The number of halogens is 1. The Morgan fingerprint density at radius 1 is 0.906 bits per heavy atom. The van der Waals surface area contributed by atoms with E-state index in [-0.39, 0.29) is 5.92 Å². The smallest absolute Gasteiger partial charge is 0.347 e. The molecule has 3 rings (SSSR count). The number of carbonyl (C=O) groups is 2. The Balaban J connectivity index is 1.64. The molecule has 0 N–H and O–H groups in total. The molecule has 0 amide bonds. The number of esters is 2. The molecular formula is C26H25BrO5. The first kappa shape index (κ1) is 23.5. The van der Waals surface area contributed by atoms with Crippen molar-refractivity contribution in [2.45, 2.75) is 20.3 Å². The molecule has 0 saturated carbocycles. The first-order chi connectivity index (χ1) is 15.4. The van der Waals surface area contributed by atoms with Gasteiger partial charge in [0.1, 0.15) is 17.1 Å². The summed E-state index contributed by atoms with van der Waals surface area (Å²) in [7, 11) is 0. The molecule has 0 radical (unpaired) electrons. The quantitative estimate of drug-likeness (QED) is 0.264. The third-order valence-corrected chi connectivity index (χ3v) is 4.99. The summed E-state index contributed by atoms with van der Waals surface area (Å²) in [6.45, 7) is 4.72. The summed E-state index contributed by atoms with van der Waals surface area (Å²) in [5.41, 5.74) is 1.87. The lowest BCUT2D eigenvalue weighted by molar-refractivity contribution is 0.0459. The summed E-state index contributed by atoms with van der Waals surface area (Å²) in [5, 5.41) is 0. The minimum absolute atomic E-state index is 0.258. The minimum Gasteiger partial charge on any atom is -0.492 e. The van der Waals surface area contributed by atoms with E-state index in [1.807, 2.05) is 50.2 Å². The molecule has 3 aromatic rings. The van der Waals surface area contributed by atoms with E-state index < -0.39 is 11.9 Å². The summed E-state index contributed by atoms with van der Waals surface area (Å²) in [5.74, 6) is 0.0796. The standard InChI is InChI=1S/C26H25BrO5/c1-18(2)17-31-25(28)20-8-11-22(12-9-20)32-26(29)23-16-21(27)10-13-24(23)30-15-14-19-6-4-3-5-7-19/h3-13,16,18H,14-15,17H2,1-2H3. The van der Waals surface area contributed by atoms with Gasteiger partial charge in [-0.25, -0.2) is 9.59 Å². The van der Waals surface area contributed by atoms with Crippen LogP contribution in [0.3, 0.4) is 0 Å². The van der Waals surface area contributed by atoms with E-state index in [0.29, 0.717) is 35.8 Å². The summed E-state index contributed by atoms with van der Waals surface area (Å²) in [4.78, 5) is 24.8. The Kier molecular flexibility index (Phi) is 8.45. The maximum absolute atomic E-state index is 12.8. The zero-order valence-corrected chi connectivity index (χ0v) is 19.6. The molecule has 0 bridgehead atoms. The van der Waals surface area contributed by atoms with E-state index >= 15 is 0 Å². The van der Waals surface area contributed by atoms with Gasteiger partial charge in [-0.1, -0.05) is 60.1 Å². The van der Waals surface area contributed by atoms with Crippen molar-refractivity contribution in [2.24, 2.45) is 5.92 Å². The van der Waals surface area contributed by atoms with Gasteiger partial charge in [-0.05, 0) is 53.9 Å². The molecule has 0 fully saturated rings. The lowest BCUT2D eigenvalue weighted by atomic mass is 10.1. The van der Waals surface area contributed by atoms with E-state index in [0.717, 1.165) is 16.5 Å². The van der Waals surface area contributed by atoms with Gasteiger partial charge in [-0.15, -0.1) is 0 Å². The summed E-state index contributed by atoms with van der Waals surface area (Å²) < 4.78 is 17.3. The highest BCUT2D eigenvalue weighted by Crippen LogP contribution is 2.25. The van der Waals surface area contributed by atoms with Gasteiger partial charge < -0.3 is 14.2 Å². The van der Waals surface area contributed by atoms with Crippen molar-refractivity contribution in [1.29, 1.82) is 0 Å². The molecule has 0 aliphatic rings. The number of benzene rings is 3. The second-order valence-electron chi connectivity index (χ2n) is 7.63. The number of hydrogen-bond donors (Lipinski definition) is 0. The van der Waals surface area contributed by atoms with Crippen LogP contribution in [-0.4, -0.2) is 25.2 Å². The van der Waals surface area contributed by atoms with Gasteiger partial charge in [-0.2, -0.15) is 0 Å². The highest BCUT2D eigenvalue weighted by molar-refractivity contribution is 9.10. The van der Waals surface area contributed by atoms with Crippen LogP contribution in [0.5, 0.6) is 11.5 Å². The monoisotopic (exact) mass is 496 g/mol. The Morgan fingerprint density at radius 3 is 2.31 bits per heavy atom. The Labute approximate surface area is 196 Å². The molecule has 0 aliphatic carbocycles. The van der Waals surface area contributed by atoms with E-state index in [1.165, 1.54) is 0 Å². The van der Waals surface area contributed by atoms with E-state index in [2.05, 4.69) is 15.9 Å². The second kappa shape index (κ2) is 11.5. The average Bonchev–Trinajstić information content (AvgIpc) is 2.79. The van der Waals surface area contributed by atoms with Crippen molar-refractivity contribution < 1.29 is 23.8 Å². The molecule has 0 aliphatic heterocycles. The Bertz CT molecular complexity index is 1050. The minimum atomic E-state index is -0.545. The number of carbonyl (C=O) groups excluding carboxylic acids is 2. The fraction of sp³-hybridized carbons (Fsp3) is 0.231. The molecular weight excluding hydrogens is 472 g/mol. The highest BCUT2D eigenvalue weighted by Gasteiger charge is 2.17. The predicted octanol–water partition coefficient (Wildman–Crippen LogP) is 6.10. The fourth-order valence-electron chi connectivity index (χ4n) is 2.86. The highest BCUT2D eigenvalue weighted by atomic mass is 79.9. The third kappa shape index (κ3) is 6.95. The molecule has 0 spiro atoms. The van der Waals surface area contributed by atoms with Crippen molar-refractivity contribution in [2.75, 3.05) is 13.2 Å². The molecule has 0 aromatic heterocycles. The summed E-state index contributed by atoms with van der Waals surface area (Å²) in [6.07, 6.45) is 0.722. The lowest BCUT2D eigenvalue weighted by Crippen LogP contribution is -2.13. The molecule has 0 saturated heterocycles. The van der Waals surface area contributed by atoms with Gasteiger partial charge in [0.2, 0.25) is 0 Å². The second-order valence-corrected chi connectivity index (χ2v) is 8.55. The molecule has 6 heteroatoms. The van der Waals surface area contributed by atoms with Crippen molar-refractivity contribution in [3.8, 4) is 11.5 Å². The first-order valence-electron chi connectivity index (χ1n) is 10.4. The van der Waals surface area contributed by atoms with Crippen LogP contribution >= 0.6 is 15.9 Å². The summed E-state index contributed by atoms with van der Waals surface area (Å²) in [6, 6.07) is 21.5. The van der Waals surface area contributed by atoms with Crippen LogP contribution in [0, 0.1) is 5.92 Å². The van der Waals surface area contributed by atoms with Gasteiger partial charge in [0.15, 0.2) is 0 Å². The van der Waals surface area contributed by atoms with Gasteiger partial charge in [0, 0.05) is 10.9 Å². The first-order valence-corrected chi connectivity index (χ1v) is 11.2. The van der Waals surface area contributed by atoms with Crippen LogP contribution in [0.2, 0.25) is 0 Å². The SMILES string of the molecule is CC(C)COC(=O)c1ccc(OC(=O)c2cc(Br)ccc2OCCc2ccccc2)cc1. The molecule has 32 heavy (non-hydrogen) atoms. The van der Waals surface area contributed by atoms with E-state index in [4.69, 9.17) is 14.2 Å². The van der Waals surface area contributed by atoms with Gasteiger partial charge >= 0.3 is 11.9 Å². The van der Waals surface area contributed by atoms with Crippen molar-refractivity contribution in [3.63, 3.8) is 0 Å². The molecule has 5 nitrogen and oxygen atoms in total. The normalized spacial score (nSPS) is 10.6. The molecule has 166 valence electrons. The van der Waals surface area contributed by atoms with Crippen LogP contribution in [0.25, 0.3) is 0 Å². The molecule has 3 aromatic carbocycles. The fourth-order valence-corrected chi connectivity index (χ4v) is 3.22. The van der Waals surface area contributed by atoms with Crippen LogP contribution in [-0.2, 0) is 11.2 Å². The largest absolute Gasteiger partial charge is 0.492 e. The van der Waals surface area contributed by atoms with E-state index in [1.54, 1.807) is 36.4 Å². The predicted molar refractivity (Wildman–Crippen MR) is 126 cm³/mol. The van der Waals surface area contributed by atoms with Crippen LogP contribution in [0.4, 0.5) is 0 Å². The van der Waals surface area contributed by atoms with Crippen molar-refractivity contribution in [3.05, 3.63) is 94.0 Å². The number of rotatable bonds is 9. The van der Waals surface area contributed by atoms with Crippen molar-refractivity contribution >= 4 is 27.9 Å². The average molecular weight is 497 g/mol. The van der Waals surface area contributed by atoms with E-state index in [9.17, 15) is 9.59 Å². The van der Waals surface area contributed by atoms with Gasteiger partial charge in [0.05, 0.1) is 18.8 Å². The van der Waals surface area contributed by atoms with Crippen molar-refractivity contribution in [1.82, 2.24) is 0 Å². The molecule has 0 atom stereocenters. The van der Waals surface area contributed by atoms with Crippen LogP contribution in [0.15, 0.2) is 77.3 Å². The number of ether oxygens (including phenoxy) is 3. The Hall–Kier alpha value is -3.12. The Morgan fingerprint density at radius 2 is 1.62 bits per heavy atom. The zero-order valence-electron chi connectivity index (χ0n) is 18.0. The molecule has 0 unspecified atom stereocenters. The van der Waals surface area contributed by atoms with Gasteiger partial charge in [-0.3, -0.25) is 0 Å². The van der Waals surface area contributed by atoms with Gasteiger partial charge in [0.25, 0.3) is 0 Å². The number of hydrogen-bond acceptors (Lipinski definition) is 5.